The molecule has 0 fully saturated rings. The summed E-state index contributed by atoms with van der Waals surface area (Å²) < 4.78 is 5.38. The van der Waals surface area contributed by atoms with Crippen LogP contribution in [0.5, 0.6) is 0 Å². The third-order valence-corrected chi connectivity index (χ3v) is 3.14. The Balaban J connectivity index is 1.92. The number of ether oxygens (including phenoxy) is 1. The van der Waals surface area contributed by atoms with Crippen molar-refractivity contribution in [3.63, 3.8) is 0 Å². The number of aliphatic hydroxyl groups is 1. The van der Waals surface area contributed by atoms with E-state index in [1.807, 2.05) is 0 Å². The van der Waals surface area contributed by atoms with Crippen molar-refractivity contribution < 1.29 is 9.84 Å². The van der Waals surface area contributed by atoms with Crippen molar-refractivity contribution in [1.82, 2.24) is 5.32 Å². The van der Waals surface area contributed by atoms with E-state index in [1.54, 1.807) is 0 Å². The van der Waals surface area contributed by atoms with Gasteiger partial charge in [-0.25, -0.2) is 0 Å². The van der Waals surface area contributed by atoms with Crippen LogP contribution in [-0.2, 0) is 4.74 Å². The zero-order valence-corrected chi connectivity index (χ0v) is 11.0. The summed E-state index contributed by atoms with van der Waals surface area (Å²) >= 11 is 0. The highest BCUT2D eigenvalue weighted by atomic mass is 16.5. The Morgan fingerprint density at radius 3 is 3.06 bits per heavy atom. The van der Waals surface area contributed by atoms with Crippen LogP contribution >= 0.6 is 0 Å². The van der Waals surface area contributed by atoms with E-state index in [0.29, 0.717) is 13.2 Å². The molecular formula is C14H27NO2. The van der Waals surface area contributed by atoms with Crippen LogP contribution in [0.15, 0.2) is 12.2 Å². The lowest BCUT2D eigenvalue weighted by atomic mass is 9.94. The van der Waals surface area contributed by atoms with E-state index in [0.717, 1.165) is 31.9 Å². The van der Waals surface area contributed by atoms with E-state index < -0.39 is 0 Å². The molecular weight excluding hydrogens is 214 g/mol. The zero-order valence-electron chi connectivity index (χ0n) is 11.0. The molecule has 3 nitrogen and oxygen atoms in total. The SMILES string of the molecule is CCCCOCC(O)CNCC1CC=CCC1. The summed E-state index contributed by atoms with van der Waals surface area (Å²) in [5, 5.41) is 13.0. The summed E-state index contributed by atoms with van der Waals surface area (Å²) in [4.78, 5) is 0. The summed E-state index contributed by atoms with van der Waals surface area (Å²) in [6.07, 6.45) is 10.0. The van der Waals surface area contributed by atoms with Crippen molar-refractivity contribution in [3.05, 3.63) is 12.2 Å². The third kappa shape index (κ3) is 7.53. The summed E-state index contributed by atoms with van der Waals surface area (Å²) in [6.45, 7) is 5.02. The van der Waals surface area contributed by atoms with E-state index in [9.17, 15) is 5.11 Å². The van der Waals surface area contributed by atoms with Crippen LogP contribution in [-0.4, -0.2) is 37.5 Å². The smallest absolute Gasteiger partial charge is 0.0897 e. The number of nitrogens with one attached hydrogen (secondary N) is 1. The predicted octanol–water partition coefficient (Wildman–Crippen LogP) is 2.11. The number of unbranched alkanes of at least 4 members (excludes halogenated alkanes) is 1. The van der Waals surface area contributed by atoms with Crippen LogP contribution in [0.2, 0.25) is 0 Å². The largest absolute Gasteiger partial charge is 0.389 e. The van der Waals surface area contributed by atoms with Crippen molar-refractivity contribution in [2.45, 2.75) is 45.1 Å². The van der Waals surface area contributed by atoms with Gasteiger partial charge in [0, 0.05) is 13.2 Å². The number of rotatable bonds is 9. The monoisotopic (exact) mass is 241 g/mol. The van der Waals surface area contributed by atoms with E-state index >= 15 is 0 Å². The Morgan fingerprint density at radius 1 is 1.47 bits per heavy atom. The van der Waals surface area contributed by atoms with Gasteiger partial charge in [-0.1, -0.05) is 25.5 Å². The molecule has 3 heteroatoms. The predicted molar refractivity (Wildman–Crippen MR) is 71.1 cm³/mol. The van der Waals surface area contributed by atoms with E-state index in [2.05, 4.69) is 24.4 Å². The molecule has 0 aromatic rings. The maximum absolute atomic E-state index is 9.68. The van der Waals surface area contributed by atoms with Crippen molar-refractivity contribution in [2.24, 2.45) is 5.92 Å². The van der Waals surface area contributed by atoms with Crippen LogP contribution < -0.4 is 5.32 Å². The van der Waals surface area contributed by atoms with Crippen LogP contribution in [0.3, 0.4) is 0 Å². The molecule has 0 amide bonds. The first-order valence-corrected chi connectivity index (χ1v) is 6.94. The number of allylic oxidation sites excluding steroid dienone is 2. The maximum Gasteiger partial charge on any atom is 0.0897 e. The summed E-state index contributed by atoms with van der Waals surface area (Å²) in [7, 11) is 0. The topological polar surface area (TPSA) is 41.5 Å². The van der Waals surface area contributed by atoms with Gasteiger partial charge in [-0.2, -0.15) is 0 Å². The average Bonchev–Trinajstić information content (AvgIpc) is 2.36. The standard InChI is InChI=1S/C14H27NO2/c1-2-3-9-17-12-14(16)11-15-10-13-7-5-4-6-8-13/h4-5,13-16H,2-3,6-12H2,1H3. The molecule has 0 spiro atoms. The highest BCUT2D eigenvalue weighted by molar-refractivity contribution is 4.90. The van der Waals surface area contributed by atoms with Crippen molar-refractivity contribution in [2.75, 3.05) is 26.3 Å². The summed E-state index contributed by atoms with van der Waals surface area (Å²) in [5.74, 6) is 0.744. The minimum Gasteiger partial charge on any atom is -0.389 e. The highest BCUT2D eigenvalue weighted by Gasteiger charge is 2.10. The second-order valence-corrected chi connectivity index (χ2v) is 4.89. The van der Waals surface area contributed by atoms with Gasteiger partial charge in [0.05, 0.1) is 12.7 Å². The fourth-order valence-electron chi connectivity index (χ4n) is 2.02. The Bertz CT molecular complexity index is 206. The third-order valence-electron chi connectivity index (χ3n) is 3.14. The number of hydrogen-bond acceptors (Lipinski definition) is 3. The first-order valence-electron chi connectivity index (χ1n) is 6.94. The molecule has 0 saturated heterocycles. The Morgan fingerprint density at radius 2 is 2.35 bits per heavy atom. The summed E-state index contributed by atoms with van der Waals surface area (Å²) in [5.41, 5.74) is 0. The first-order chi connectivity index (χ1) is 8.33. The molecule has 0 saturated carbocycles. The molecule has 17 heavy (non-hydrogen) atoms. The summed E-state index contributed by atoms with van der Waals surface area (Å²) in [6, 6.07) is 0. The van der Waals surface area contributed by atoms with Gasteiger partial charge in [-0.05, 0) is 38.1 Å². The van der Waals surface area contributed by atoms with Gasteiger partial charge in [0.2, 0.25) is 0 Å². The van der Waals surface area contributed by atoms with Gasteiger partial charge in [-0.15, -0.1) is 0 Å². The first kappa shape index (κ1) is 14.7. The second kappa shape index (κ2) is 9.63. The molecule has 1 rings (SSSR count). The highest BCUT2D eigenvalue weighted by Crippen LogP contribution is 2.16. The molecule has 1 aliphatic rings. The Hall–Kier alpha value is -0.380. The number of hydrogen-bond donors (Lipinski definition) is 2. The van der Waals surface area contributed by atoms with Crippen LogP contribution in [0.4, 0.5) is 0 Å². The van der Waals surface area contributed by atoms with Crippen molar-refractivity contribution >= 4 is 0 Å². The van der Waals surface area contributed by atoms with E-state index in [1.165, 1.54) is 19.3 Å². The van der Waals surface area contributed by atoms with Gasteiger partial charge in [-0.3, -0.25) is 0 Å². The van der Waals surface area contributed by atoms with Crippen LogP contribution in [0.1, 0.15) is 39.0 Å². The molecule has 100 valence electrons. The van der Waals surface area contributed by atoms with Crippen LogP contribution in [0.25, 0.3) is 0 Å². The minimum absolute atomic E-state index is 0.369. The molecule has 0 aromatic heterocycles. The lowest BCUT2D eigenvalue weighted by Crippen LogP contribution is -2.33. The van der Waals surface area contributed by atoms with Gasteiger partial charge < -0.3 is 15.2 Å². The van der Waals surface area contributed by atoms with Crippen molar-refractivity contribution in [3.8, 4) is 0 Å². The maximum atomic E-state index is 9.68. The lowest BCUT2D eigenvalue weighted by Gasteiger charge is -2.19. The average molecular weight is 241 g/mol. The minimum atomic E-state index is -0.369. The quantitative estimate of drug-likeness (QED) is 0.480. The van der Waals surface area contributed by atoms with Gasteiger partial charge in [0.15, 0.2) is 0 Å². The van der Waals surface area contributed by atoms with Gasteiger partial charge in [0.25, 0.3) is 0 Å². The molecule has 0 aliphatic heterocycles. The molecule has 0 heterocycles. The van der Waals surface area contributed by atoms with Gasteiger partial charge in [0.1, 0.15) is 0 Å². The van der Waals surface area contributed by atoms with E-state index in [4.69, 9.17) is 4.74 Å². The second-order valence-electron chi connectivity index (χ2n) is 4.89. The molecule has 0 aromatic carbocycles. The van der Waals surface area contributed by atoms with E-state index in [-0.39, 0.29) is 6.10 Å². The fourth-order valence-corrected chi connectivity index (χ4v) is 2.02. The zero-order chi connectivity index (χ0) is 12.3. The van der Waals surface area contributed by atoms with Crippen LogP contribution in [0, 0.1) is 5.92 Å². The lowest BCUT2D eigenvalue weighted by molar-refractivity contribution is 0.0355. The molecule has 0 bridgehead atoms. The Labute approximate surface area is 105 Å². The molecule has 2 N–H and O–H groups in total. The molecule has 2 unspecified atom stereocenters. The van der Waals surface area contributed by atoms with Gasteiger partial charge >= 0.3 is 0 Å². The molecule has 1 aliphatic carbocycles. The molecule has 0 radical (unpaired) electrons. The fraction of sp³-hybridized carbons (Fsp3) is 0.857. The number of aliphatic hydroxyl groups excluding tert-OH is 1. The molecule has 2 atom stereocenters. The Kier molecular flexibility index (Phi) is 8.32. The normalized spacial score (nSPS) is 21.6. The van der Waals surface area contributed by atoms with Crippen molar-refractivity contribution in [1.29, 1.82) is 0 Å².